The Morgan fingerprint density at radius 2 is 2.00 bits per heavy atom. The van der Waals surface area contributed by atoms with Gasteiger partial charge >= 0.3 is 0 Å². The average Bonchev–Trinajstić information content (AvgIpc) is 2.43. The Hall–Kier alpha value is -1.38. The number of benzene rings is 1. The third-order valence-corrected chi connectivity index (χ3v) is 3.61. The van der Waals surface area contributed by atoms with E-state index in [0.717, 1.165) is 25.0 Å². The standard InChI is InChI=1S/C16H20F2O/c1-3-5-13-8-6-12(10-19-13)14-9-7-11(4-2)15(17)16(14)18/h7-9,12H,3-6,10H2,1-2H3. The molecular weight excluding hydrogens is 246 g/mol. The summed E-state index contributed by atoms with van der Waals surface area (Å²) in [4.78, 5) is 0. The normalized spacial score (nSPS) is 18.9. The molecule has 0 saturated carbocycles. The van der Waals surface area contributed by atoms with Crippen LogP contribution < -0.4 is 0 Å². The van der Waals surface area contributed by atoms with E-state index < -0.39 is 11.6 Å². The van der Waals surface area contributed by atoms with E-state index in [0.29, 0.717) is 24.2 Å². The monoisotopic (exact) mass is 266 g/mol. The summed E-state index contributed by atoms with van der Waals surface area (Å²) < 4.78 is 33.4. The second-order valence-electron chi connectivity index (χ2n) is 4.96. The van der Waals surface area contributed by atoms with E-state index >= 15 is 0 Å². The highest BCUT2D eigenvalue weighted by atomic mass is 19.2. The fourth-order valence-corrected chi connectivity index (χ4v) is 2.44. The van der Waals surface area contributed by atoms with Crippen LogP contribution in [-0.2, 0) is 11.2 Å². The van der Waals surface area contributed by atoms with E-state index in [-0.39, 0.29) is 5.92 Å². The molecule has 1 aliphatic rings. The Balaban J connectivity index is 2.18. The maximum Gasteiger partial charge on any atom is 0.162 e. The van der Waals surface area contributed by atoms with Gasteiger partial charge < -0.3 is 4.74 Å². The summed E-state index contributed by atoms with van der Waals surface area (Å²) in [6, 6.07) is 3.38. The molecule has 0 aromatic heterocycles. The van der Waals surface area contributed by atoms with Crippen molar-refractivity contribution in [3.8, 4) is 0 Å². The summed E-state index contributed by atoms with van der Waals surface area (Å²) in [5.41, 5.74) is 0.863. The lowest BCUT2D eigenvalue weighted by molar-refractivity contribution is 0.164. The molecule has 104 valence electrons. The Bertz CT molecular complexity index is 480. The van der Waals surface area contributed by atoms with Crippen LogP contribution in [0.3, 0.4) is 0 Å². The van der Waals surface area contributed by atoms with Crippen molar-refractivity contribution in [2.45, 2.75) is 45.4 Å². The summed E-state index contributed by atoms with van der Waals surface area (Å²) >= 11 is 0. The van der Waals surface area contributed by atoms with Crippen LogP contribution in [0, 0.1) is 11.6 Å². The summed E-state index contributed by atoms with van der Waals surface area (Å²) in [6.07, 6.45) is 5.17. The molecule has 1 aromatic carbocycles. The minimum atomic E-state index is -0.708. The average molecular weight is 266 g/mol. The molecular formula is C16H20F2O. The van der Waals surface area contributed by atoms with Crippen molar-refractivity contribution in [2.75, 3.05) is 6.61 Å². The molecule has 0 bridgehead atoms. The first-order valence-electron chi connectivity index (χ1n) is 6.95. The fourth-order valence-electron chi connectivity index (χ4n) is 2.44. The summed E-state index contributed by atoms with van der Waals surface area (Å²) in [5.74, 6) is -0.519. The van der Waals surface area contributed by atoms with Crippen LogP contribution >= 0.6 is 0 Å². The maximum atomic E-state index is 14.0. The van der Waals surface area contributed by atoms with Gasteiger partial charge in [0.2, 0.25) is 0 Å². The molecule has 1 nitrogen and oxygen atoms in total. The van der Waals surface area contributed by atoms with Crippen molar-refractivity contribution in [3.63, 3.8) is 0 Å². The number of rotatable bonds is 4. The lowest BCUT2D eigenvalue weighted by Crippen LogP contribution is -2.15. The lowest BCUT2D eigenvalue weighted by atomic mass is 9.92. The van der Waals surface area contributed by atoms with Crippen LogP contribution in [0.2, 0.25) is 0 Å². The highest BCUT2D eigenvalue weighted by Gasteiger charge is 2.23. The van der Waals surface area contributed by atoms with Gasteiger partial charge in [0, 0.05) is 12.3 Å². The molecule has 0 aliphatic carbocycles. The van der Waals surface area contributed by atoms with Gasteiger partial charge in [0.15, 0.2) is 11.6 Å². The second kappa shape index (κ2) is 6.18. The molecule has 1 atom stereocenters. The van der Waals surface area contributed by atoms with Crippen molar-refractivity contribution in [1.29, 1.82) is 0 Å². The van der Waals surface area contributed by atoms with Crippen molar-refractivity contribution in [3.05, 3.63) is 46.7 Å². The van der Waals surface area contributed by atoms with Gasteiger partial charge in [-0.1, -0.05) is 26.0 Å². The molecule has 0 fully saturated rings. The number of allylic oxidation sites excluding steroid dienone is 2. The number of halogens is 2. The van der Waals surface area contributed by atoms with Gasteiger partial charge in [0.05, 0.1) is 12.4 Å². The zero-order chi connectivity index (χ0) is 13.8. The summed E-state index contributed by atoms with van der Waals surface area (Å²) in [7, 11) is 0. The van der Waals surface area contributed by atoms with Gasteiger partial charge in [-0.05, 0) is 36.5 Å². The molecule has 1 aromatic rings. The lowest BCUT2D eigenvalue weighted by Gasteiger charge is -2.24. The molecule has 0 N–H and O–H groups in total. The highest BCUT2D eigenvalue weighted by molar-refractivity contribution is 5.30. The topological polar surface area (TPSA) is 9.23 Å². The predicted octanol–water partition coefficient (Wildman–Crippen LogP) is 4.72. The van der Waals surface area contributed by atoms with Crippen molar-refractivity contribution >= 4 is 0 Å². The van der Waals surface area contributed by atoms with E-state index in [9.17, 15) is 8.78 Å². The highest BCUT2D eigenvalue weighted by Crippen LogP contribution is 2.31. The Morgan fingerprint density at radius 1 is 1.21 bits per heavy atom. The molecule has 0 amide bonds. The first-order chi connectivity index (χ1) is 9.17. The molecule has 0 saturated heterocycles. The number of hydrogen-bond donors (Lipinski definition) is 0. The van der Waals surface area contributed by atoms with Crippen molar-refractivity contribution in [2.24, 2.45) is 0 Å². The first-order valence-corrected chi connectivity index (χ1v) is 6.95. The van der Waals surface area contributed by atoms with Crippen molar-refractivity contribution in [1.82, 2.24) is 0 Å². The fraction of sp³-hybridized carbons (Fsp3) is 0.500. The molecule has 1 unspecified atom stereocenters. The third-order valence-electron chi connectivity index (χ3n) is 3.61. The second-order valence-corrected chi connectivity index (χ2v) is 4.96. The van der Waals surface area contributed by atoms with Crippen LogP contribution in [0.4, 0.5) is 8.78 Å². The van der Waals surface area contributed by atoms with Crippen LogP contribution in [0.1, 0.15) is 50.2 Å². The van der Waals surface area contributed by atoms with Crippen molar-refractivity contribution < 1.29 is 13.5 Å². The number of hydrogen-bond acceptors (Lipinski definition) is 1. The third kappa shape index (κ3) is 2.96. The minimum Gasteiger partial charge on any atom is -0.498 e. The van der Waals surface area contributed by atoms with Gasteiger partial charge in [-0.2, -0.15) is 0 Å². The first kappa shape index (κ1) is 14.0. The van der Waals surface area contributed by atoms with Gasteiger partial charge in [-0.25, -0.2) is 8.78 Å². The van der Waals surface area contributed by atoms with Crippen LogP contribution in [0.5, 0.6) is 0 Å². The van der Waals surface area contributed by atoms with Crippen LogP contribution in [-0.4, -0.2) is 6.61 Å². The predicted molar refractivity (Wildman–Crippen MR) is 72.0 cm³/mol. The van der Waals surface area contributed by atoms with Crippen LogP contribution in [0.15, 0.2) is 24.0 Å². The van der Waals surface area contributed by atoms with E-state index in [2.05, 4.69) is 6.92 Å². The van der Waals surface area contributed by atoms with Gasteiger partial charge in [0.25, 0.3) is 0 Å². The molecule has 1 aliphatic heterocycles. The summed E-state index contributed by atoms with van der Waals surface area (Å²) in [6.45, 7) is 4.35. The smallest absolute Gasteiger partial charge is 0.162 e. The molecule has 0 radical (unpaired) electrons. The van der Waals surface area contributed by atoms with Gasteiger partial charge in [-0.3, -0.25) is 0 Å². The quantitative estimate of drug-likeness (QED) is 0.766. The van der Waals surface area contributed by atoms with E-state index in [1.807, 2.05) is 13.0 Å². The van der Waals surface area contributed by atoms with E-state index in [1.165, 1.54) is 0 Å². The Labute approximate surface area is 113 Å². The van der Waals surface area contributed by atoms with Crippen LogP contribution in [0.25, 0.3) is 0 Å². The Morgan fingerprint density at radius 3 is 2.58 bits per heavy atom. The zero-order valence-electron chi connectivity index (χ0n) is 11.5. The van der Waals surface area contributed by atoms with Gasteiger partial charge in [0.1, 0.15) is 0 Å². The van der Waals surface area contributed by atoms with E-state index in [4.69, 9.17) is 4.74 Å². The number of ether oxygens (including phenoxy) is 1. The SMILES string of the molecule is CCCC1=CCC(c2ccc(CC)c(F)c2F)CO1. The largest absolute Gasteiger partial charge is 0.498 e. The molecule has 1 heterocycles. The van der Waals surface area contributed by atoms with E-state index in [1.54, 1.807) is 12.1 Å². The zero-order valence-corrected chi connectivity index (χ0v) is 11.5. The Kier molecular flexibility index (Phi) is 4.56. The van der Waals surface area contributed by atoms with Gasteiger partial charge in [-0.15, -0.1) is 0 Å². The molecule has 0 spiro atoms. The molecule has 3 heteroatoms. The molecule has 19 heavy (non-hydrogen) atoms. The number of aryl methyl sites for hydroxylation is 1. The minimum absolute atomic E-state index is 0.0824. The maximum absolute atomic E-state index is 14.0. The summed E-state index contributed by atoms with van der Waals surface area (Å²) in [5, 5.41) is 0. The molecule has 2 rings (SSSR count).